The second kappa shape index (κ2) is 7.74. The topological polar surface area (TPSA) is 55.1 Å². The highest BCUT2D eigenvalue weighted by molar-refractivity contribution is 5.85. The van der Waals surface area contributed by atoms with Crippen LogP contribution in [0.2, 0.25) is 0 Å². The summed E-state index contributed by atoms with van der Waals surface area (Å²) < 4.78 is 39.2. The fourth-order valence-corrected chi connectivity index (χ4v) is 2.98. The van der Waals surface area contributed by atoms with Crippen molar-refractivity contribution in [2.45, 2.75) is 50.7 Å². The van der Waals surface area contributed by atoms with Gasteiger partial charge in [-0.1, -0.05) is 25.1 Å². The van der Waals surface area contributed by atoms with Gasteiger partial charge in [0.1, 0.15) is 0 Å². The van der Waals surface area contributed by atoms with Crippen molar-refractivity contribution in [3.8, 4) is 0 Å². The van der Waals surface area contributed by atoms with Crippen LogP contribution < -0.4 is 11.1 Å². The van der Waals surface area contributed by atoms with E-state index in [0.717, 1.165) is 18.9 Å². The number of hydrogen-bond acceptors (Lipinski definition) is 2. The van der Waals surface area contributed by atoms with Crippen molar-refractivity contribution in [3.05, 3.63) is 35.4 Å². The zero-order valence-corrected chi connectivity index (χ0v) is 14.6. The Morgan fingerprint density at radius 1 is 1.33 bits per heavy atom. The minimum absolute atomic E-state index is 0. The van der Waals surface area contributed by atoms with Gasteiger partial charge in [-0.3, -0.25) is 4.79 Å². The predicted octanol–water partition coefficient (Wildman–Crippen LogP) is 3.86. The van der Waals surface area contributed by atoms with E-state index >= 15 is 0 Å². The Morgan fingerprint density at radius 3 is 2.42 bits per heavy atom. The summed E-state index contributed by atoms with van der Waals surface area (Å²) in [5.41, 5.74) is 4.77. The van der Waals surface area contributed by atoms with Crippen LogP contribution in [0.4, 0.5) is 13.2 Å². The van der Waals surface area contributed by atoms with Crippen LogP contribution in [0.5, 0.6) is 0 Å². The molecule has 1 aromatic rings. The minimum atomic E-state index is -4.42. The molecule has 2 atom stereocenters. The van der Waals surface area contributed by atoms with Crippen LogP contribution in [-0.2, 0) is 11.0 Å². The third-order valence-corrected chi connectivity index (χ3v) is 4.62. The average molecular weight is 365 g/mol. The van der Waals surface area contributed by atoms with Gasteiger partial charge in [0.15, 0.2) is 0 Å². The van der Waals surface area contributed by atoms with Crippen LogP contribution in [0.1, 0.15) is 50.2 Å². The van der Waals surface area contributed by atoms with Gasteiger partial charge in [0, 0.05) is 13.0 Å². The van der Waals surface area contributed by atoms with Crippen LogP contribution >= 0.6 is 12.4 Å². The van der Waals surface area contributed by atoms with Crippen molar-refractivity contribution < 1.29 is 18.0 Å². The Kier molecular flexibility index (Phi) is 6.70. The maximum Gasteiger partial charge on any atom is 0.416 e. The molecule has 0 aromatic heterocycles. The normalized spacial score (nSPS) is 18.2. The zero-order chi connectivity index (χ0) is 17.3. The van der Waals surface area contributed by atoms with E-state index in [4.69, 9.17) is 5.73 Å². The number of carbonyl (C=O) groups excluding carboxylic acids is 1. The van der Waals surface area contributed by atoms with E-state index in [1.807, 2.05) is 6.92 Å². The number of amides is 1. The van der Waals surface area contributed by atoms with E-state index in [-0.39, 0.29) is 30.3 Å². The molecule has 0 bridgehead atoms. The molecule has 1 aromatic carbocycles. The third-order valence-electron chi connectivity index (χ3n) is 4.62. The lowest BCUT2D eigenvalue weighted by Gasteiger charge is -2.30. The number of nitrogens with one attached hydrogen (secondary N) is 1. The number of hydrogen-bond donors (Lipinski definition) is 2. The molecule has 24 heavy (non-hydrogen) atoms. The van der Waals surface area contributed by atoms with Crippen molar-refractivity contribution in [2.24, 2.45) is 11.7 Å². The van der Waals surface area contributed by atoms with Gasteiger partial charge in [-0.2, -0.15) is 13.2 Å². The lowest BCUT2D eigenvalue weighted by Crippen LogP contribution is -2.53. The minimum Gasteiger partial charge on any atom is -0.349 e. The molecule has 0 spiro atoms. The summed E-state index contributed by atoms with van der Waals surface area (Å²) in [4.78, 5) is 12.2. The standard InChI is InChI=1S/C17H23F3N2O.ClH/c1-11(13-5-3-4-6-14(13)17(18,19)20)9-15(23)22-16(2,10-21)12-7-8-12;/h3-6,11-12H,7-10,21H2,1-2H3,(H,22,23);1H. The molecule has 0 heterocycles. The van der Waals surface area contributed by atoms with Gasteiger partial charge in [-0.05, 0) is 43.2 Å². The number of alkyl halides is 3. The Balaban J connectivity index is 0.00000288. The molecule has 1 aliphatic rings. The highest BCUT2D eigenvalue weighted by atomic mass is 35.5. The summed E-state index contributed by atoms with van der Waals surface area (Å²) in [6, 6.07) is 5.41. The van der Waals surface area contributed by atoms with Crippen LogP contribution in [0, 0.1) is 5.92 Å². The molecule has 7 heteroatoms. The molecule has 1 aliphatic carbocycles. The SMILES string of the molecule is CC(CC(=O)NC(C)(CN)C1CC1)c1ccccc1C(F)(F)F.Cl. The van der Waals surface area contributed by atoms with Crippen LogP contribution in [0.25, 0.3) is 0 Å². The van der Waals surface area contributed by atoms with Crippen molar-refractivity contribution in [2.75, 3.05) is 6.54 Å². The Bertz CT molecular complexity index is 575. The predicted molar refractivity (Wildman–Crippen MR) is 90.1 cm³/mol. The van der Waals surface area contributed by atoms with E-state index < -0.39 is 23.2 Å². The summed E-state index contributed by atoms with van der Waals surface area (Å²) in [6.45, 7) is 3.87. The molecule has 1 fully saturated rings. The first-order valence-electron chi connectivity index (χ1n) is 7.84. The molecule has 2 rings (SSSR count). The molecule has 1 amide bonds. The van der Waals surface area contributed by atoms with E-state index in [1.165, 1.54) is 12.1 Å². The van der Waals surface area contributed by atoms with E-state index in [1.54, 1.807) is 13.0 Å². The number of halogens is 4. The zero-order valence-electron chi connectivity index (χ0n) is 13.8. The lowest BCUT2D eigenvalue weighted by molar-refractivity contribution is -0.138. The van der Waals surface area contributed by atoms with Crippen molar-refractivity contribution in [3.63, 3.8) is 0 Å². The van der Waals surface area contributed by atoms with Crippen LogP contribution in [-0.4, -0.2) is 18.0 Å². The van der Waals surface area contributed by atoms with E-state index in [2.05, 4.69) is 5.32 Å². The summed E-state index contributed by atoms with van der Waals surface area (Å²) >= 11 is 0. The summed E-state index contributed by atoms with van der Waals surface area (Å²) in [5.74, 6) is -0.405. The highest BCUT2D eigenvalue weighted by Crippen LogP contribution is 2.39. The van der Waals surface area contributed by atoms with Gasteiger partial charge in [0.05, 0.1) is 11.1 Å². The highest BCUT2D eigenvalue weighted by Gasteiger charge is 2.41. The maximum atomic E-state index is 13.1. The van der Waals surface area contributed by atoms with E-state index in [0.29, 0.717) is 12.5 Å². The van der Waals surface area contributed by atoms with Gasteiger partial charge in [0.2, 0.25) is 5.91 Å². The number of rotatable bonds is 6. The molecule has 2 unspecified atom stereocenters. The van der Waals surface area contributed by atoms with Gasteiger partial charge >= 0.3 is 6.18 Å². The Hall–Kier alpha value is -1.27. The Labute approximate surface area is 146 Å². The first-order valence-corrected chi connectivity index (χ1v) is 7.84. The number of carbonyl (C=O) groups is 1. The second-order valence-corrected chi connectivity index (χ2v) is 6.63. The largest absolute Gasteiger partial charge is 0.416 e. The Morgan fingerprint density at radius 2 is 1.92 bits per heavy atom. The fourth-order valence-electron chi connectivity index (χ4n) is 2.98. The first-order chi connectivity index (χ1) is 10.7. The maximum absolute atomic E-state index is 13.1. The summed E-state index contributed by atoms with van der Waals surface area (Å²) in [6.07, 6.45) is -2.35. The first kappa shape index (κ1) is 20.8. The van der Waals surface area contributed by atoms with Crippen molar-refractivity contribution >= 4 is 18.3 Å². The molecule has 1 saturated carbocycles. The second-order valence-electron chi connectivity index (χ2n) is 6.63. The average Bonchev–Trinajstić information content (AvgIpc) is 3.31. The molecule has 0 radical (unpaired) electrons. The number of nitrogens with two attached hydrogens (primary N) is 1. The van der Waals surface area contributed by atoms with Gasteiger partial charge < -0.3 is 11.1 Å². The van der Waals surface area contributed by atoms with Crippen LogP contribution in [0.3, 0.4) is 0 Å². The monoisotopic (exact) mass is 364 g/mol. The van der Waals surface area contributed by atoms with Gasteiger partial charge in [-0.15, -0.1) is 12.4 Å². The molecule has 0 aliphatic heterocycles. The molecule has 136 valence electrons. The molecular weight excluding hydrogens is 341 g/mol. The van der Waals surface area contributed by atoms with Gasteiger partial charge in [0.25, 0.3) is 0 Å². The molecule has 0 saturated heterocycles. The van der Waals surface area contributed by atoms with Crippen LogP contribution in [0.15, 0.2) is 24.3 Å². The third kappa shape index (κ3) is 4.86. The summed E-state index contributed by atoms with van der Waals surface area (Å²) in [7, 11) is 0. The quantitative estimate of drug-likeness (QED) is 0.805. The van der Waals surface area contributed by atoms with Gasteiger partial charge in [-0.25, -0.2) is 0 Å². The lowest BCUT2D eigenvalue weighted by atomic mass is 9.91. The fraction of sp³-hybridized carbons (Fsp3) is 0.588. The smallest absolute Gasteiger partial charge is 0.349 e. The van der Waals surface area contributed by atoms with Crippen molar-refractivity contribution in [1.29, 1.82) is 0 Å². The number of benzene rings is 1. The molecule has 3 N–H and O–H groups in total. The molecular formula is C17H24ClF3N2O. The van der Waals surface area contributed by atoms with Crippen molar-refractivity contribution in [1.82, 2.24) is 5.32 Å². The summed E-state index contributed by atoms with van der Waals surface area (Å²) in [5, 5.41) is 2.92. The van der Waals surface area contributed by atoms with E-state index in [9.17, 15) is 18.0 Å². The molecule has 3 nitrogen and oxygen atoms in total.